The van der Waals surface area contributed by atoms with Crippen LogP contribution in [0.25, 0.3) is 17.0 Å². The average molecular weight is 330 g/mol. The van der Waals surface area contributed by atoms with E-state index in [0.717, 1.165) is 27.3 Å². The van der Waals surface area contributed by atoms with Crippen LogP contribution in [0.1, 0.15) is 22.5 Å². The number of imidazole rings is 1. The topological polar surface area (TPSA) is 30.2 Å². The molecule has 2 aromatic heterocycles. The molecule has 0 atom stereocenters. The first-order chi connectivity index (χ1) is 9.47. The molecule has 0 saturated carbocycles. The molecule has 1 aromatic carbocycles. The third-order valence-electron chi connectivity index (χ3n) is 3.62. The number of rotatable bonds is 1. The van der Waals surface area contributed by atoms with E-state index in [4.69, 9.17) is 0 Å². The van der Waals surface area contributed by atoms with Crippen molar-refractivity contribution in [2.45, 2.75) is 27.7 Å². The predicted octanol–water partition coefficient (Wildman–Crippen LogP) is 4.39. The fourth-order valence-corrected chi connectivity index (χ4v) is 2.68. The van der Waals surface area contributed by atoms with Crippen LogP contribution in [0.15, 0.2) is 28.9 Å². The Labute approximate surface area is 126 Å². The molecule has 0 bridgehead atoms. The van der Waals surface area contributed by atoms with E-state index < -0.39 is 0 Å². The molecule has 0 aliphatic rings. The molecule has 0 N–H and O–H groups in total. The molecule has 0 radical (unpaired) electrons. The van der Waals surface area contributed by atoms with Crippen molar-refractivity contribution >= 4 is 21.7 Å². The van der Waals surface area contributed by atoms with Crippen LogP contribution in [0.4, 0.5) is 0 Å². The molecule has 0 saturated heterocycles. The molecule has 20 heavy (non-hydrogen) atoms. The van der Waals surface area contributed by atoms with Gasteiger partial charge in [0, 0.05) is 17.5 Å². The monoisotopic (exact) mass is 329 g/mol. The van der Waals surface area contributed by atoms with Crippen molar-refractivity contribution in [2.24, 2.45) is 0 Å². The second kappa shape index (κ2) is 4.70. The SMILES string of the molecule is Cc1ccc(C)c(-c2cn3c(C)c(Br)c(C)nc3n2)c1. The molecule has 0 fully saturated rings. The third kappa shape index (κ3) is 2.04. The maximum Gasteiger partial charge on any atom is 0.234 e. The van der Waals surface area contributed by atoms with Gasteiger partial charge in [-0.05, 0) is 55.3 Å². The first kappa shape index (κ1) is 13.3. The molecule has 2 heterocycles. The van der Waals surface area contributed by atoms with Gasteiger partial charge in [-0.25, -0.2) is 9.97 Å². The second-order valence-corrected chi connectivity index (χ2v) is 6.00. The van der Waals surface area contributed by atoms with Crippen LogP contribution in [0, 0.1) is 27.7 Å². The zero-order valence-electron chi connectivity index (χ0n) is 12.0. The fraction of sp³-hybridized carbons (Fsp3) is 0.250. The van der Waals surface area contributed by atoms with Gasteiger partial charge in [0.2, 0.25) is 5.78 Å². The third-order valence-corrected chi connectivity index (χ3v) is 4.77. The van der Waals surface area contributed by atoms with Gasteiger partial charge < -0.3 is 0 Å². The molecule has 0 unspecified atom stereocenters. The summed E-state index contributed by atoms with van der Waals surface area (Å²) < 4.78 is 3.07. The van der Waals surface area contributed by atoms with E-state index in [2.05, 4.69) is 71.1 Å². The van der Waals surface area contributed by atoms with E-state index in [9.17, 15) is 0 Å². The van der Waals surface area contributed by atoms with E-state index >= 15 is 0 Å². The molecule has 3 aromatic rings. The van der Waals surface area contributed by atoms with Gasteiger partial charge in [-0.3, -0.25) is 4.40 Å². The zero-order chi connectivity index (χ0) is 14.4. The standard InChI is InChI=1S/C16H16BrN3/c1-9-5-6-10(2)13(7-9)14-8-20-12(4)15(17)11(3)18-16(20)19-14/h5-8H,1-4H3. The Hall–Kier alpha value is -1.68. The summed E-state index contributed by atoms with van der Waals surface area (Å²) in [6, 6.07) is 6.43. The van der Waals surface area contributed by atoms with Gasteiger partial charge in [-0.15, -0.1) is 0 Å². The highest BCUT2D eigenvalue weighted by Gasteiger charge is 2.12. The van der Waals surface area contributed by atoms with Crippen LogP contribution in [0.5, 0.6) is 0 Å². The number of hydrogen-bond acceptors (Lipinski definition) is 2. The quantitative estimate of drug-likeness (QED) is 0.662. The minimum absolute atomic E-state index is 0.749. The van der Waals surface area contributed by atoms with Crippen molar-refractivity contribution in [1.82, 2.24) is 14.4 Å². The summed E-state index contributed by atoms with van der Waals surface area (Å²) in [5.41, 5.74) is 6.70. The first-order valence-corrected chi connectivity index (χ1v) is 7.36. The lowest BCUT2D eigenvalue weighted by Crippen LogP contribution is -1.97. The van der Waals surface area contributed by atoms with Gasteiger partial charge in [0.05, 0.1) is 15.9 Å². The molecule has 3 nitrogen and oxygen atoms in total. The van der Waals surface area contributed by atoms with Crippen molar-refractivity contribution < 1.29 is 0 Å². The number of benzene rings is 1. The predicted molar refractivity (Wildman–Crippen MR) is 85.1 cm³/mol. The van der Waals surface area contributed by atoms with E-state index in [1.165, 1.54) is 16.7 Å². The summed E-state index contributed by atoms with van der Waals surface area (Å²) in [6.07, 6.45) is 2.06. The highest BCUT2D eigenvalue weighted by molar-refractivity contribution is 9.10. The van der Waals surface area contributed by atoms with E-state index in [0.29, 0.717) is 0 Å². The van der Waals surface area contributed by atoms with Gasteiger partial charge in [0.25, 0.3) is 0 Å². The summed E-state index contributed by atoms with van der Waals surface area (Å²) in [5.74, 6) is 0.749. The van der Waals surface area contributed by atoms with Crippen molar-refractivity contribution in [3.63, 3.8) is 0 Å². The number of aryl methyl sites for hydroxylation is 4. The van der Waals surface area contributed by atoms with Crippen LogP contribution in [0.2, 0.25) is 0 Å². The van der Waals surface area contributed by atoms with Gasteiger partial charge in [-0.1, -0.05) is 17.7 Å². The van der Waals surface area contributed by atoms with Crippen LogP contribution < -0.4 is 0 Å². The van der Waals surface area contributed by atoms with Crippen molar-refractivity contribution in [1.29, 1.82) is 0 Å². The van der Waals surface area contributed by atoms with Crippen molar-refractivity contribution in [2.75, 3.05) is 0 Å². The van der Waals surface area contributed by atoms with Gasteiger partial charge in [-0.2, -0.15) is 0 Å². The van der Waals surface area contributed by atoms with Crippen LogP contribution in [-0.2, 0) is 0 Å². The highest BCUT2D eigenvalue weighted by Crippen LogP contribution is 2.26. The fourth-order valence-electron chi connectivity index (χ4n) is 2.40. The zero-order valence-corrected chi connectivity index (χ0v) is 13.6. The highest BCUT2D eigenvalue weighted by atomic mass is 79.9. The van der Waals surface area contributed by atoms with Crippen LogP contribution >= 0.6 is 15.9 Å². The summed E-state index contributed by atoms with van der Waals surface area (Å²) in [6.45, 7) is 8.27. The molecule has 102 valence electrons. The number of nitrogens with zero attached hydrogens (tertiary/aromatic N) is 3. The smallest absolute Gasteiger partial charge is 0.234 e. The lowest BCUT2D eigenvalue weighted by Gasteiger charge is -2.04. The van der Waals surface area contributed by atoms with Crippen molar-refractivity contribution in [3.8, 4) is 11.3 Å². The molecular formula is C16H16BrN3. The molecule has 0 aliphatic carbocycles. The lowest BCUT2D eigenvalue weighted by atomic mass is 10.0. The van der Waals surface area contributed by atoms with E-state index in [-0.39, 0.29) is 0 Å². The number of fused-ring (bicyclic) bond motifs is 1. The summed E-state index contributed by atoms with van der Waals surface area (Å²) in [5, 5.41) is 0. The molecule has 3 rings (SSSR count). The maximum atomic E-state index is 4.68. The van der Waals surface area contributed by atoms with Gasteiger partial charge in [0.1, 0.15) is 0 Å². The summed E-state index contributed by atoms with van der Waals surface area (Å²) >= 11 is 3.58. The Morgan fingerprint density at radius 2 is 1.80 bits per heavy atom. The molecule has 0 spiro atoms. The summed E-state index contributed by atoms with van der Waals surface area (Å²) in [7, 11) is 0. The number of hydrogen-bond donors (Lipinski definition) is 0. The van der Waals surface area contributed by atoms with Gasteiger partial charge in [0.15, 0.2) is 0 Å². The Morgan fingerprint density at radius 3 is 2.55 bits per heavy atom. The molecule has 4 heteroatoms. The minimum atomic E-state index is 0.749. The van der Waals surface area contributed by atoms with E-state index in [1.54, 1.807) is 0 Å². The molecule has 0 amide bonds. The van der Waals surface area contributed by atoms with Crippen molar-refractivity contribution in [3.05, 3.63) is 51.4 Å². The van der Waals surface area contributed by atoms with Crippen LogP contribution in [0.3, 0.4) is 0 Å². The average Bonchev–Trinajstić information content (AvgIpc) is 2.83. The normalized spacial score (nSPS) is 11.2. The van der Waals surface area contributed by atoms with Gasteiger partial charge >= 0.3 is 0 Å². The Balaban J connectivity index is 2.28. The molecule has 0 aliphatic heterocycles. The minimum Gasteiger partial charge on any atom is -0.287 e. The largest absolute Gasteiger partial charge is 0.287 e. The Bertz CT molecular complexity index is 818. The Morgan fingerprint density at radius 1 is 1.05 bits per heavy atom. The van der Waals surface area contributed by atoms with Crippen LogP contribution in [-0.4, -0.2) is 14.4 Å². The summed E-state index contributed by atoms with van der Waals surface area (Å²) in [4.78, 5) is 9.22. The van der Waals surface area contributed by atoms with E-state index in [1.807, 2.05) is 11.3 Å². The second-order valence-electron chi connectivity index (χ2n) is 5.21. The Kier molecular flexibility index (Phi) is 3.13. The first-order valence-electron chi connectivity index (χ1n) is 6.57. The maximum absolute atomic E-state index is 4.68. The number of aromatic nitrogens is 3. The lowest BCUT2D eigenvalue weighted by molar-refractivity contribution is 0.996. The number of halogens is 1. The molecular weight excluding hydrogens is 314 g/mol.